The van der Waals surface area contributed by atoms with E-state index in [4.69, 9.17) is 5.73 Å². The summed E-state index contributed by atoms with van der Waals surface area (Å²) in [5.74, 6) is -0.124. The molecule has 6 heteroatoms. The summed E-state index contributed by atoms with van der Waals surface area (Å²) in [4.78, 5) is 25.1. The average molecular weight is 262 g/mol. The molecule has 0 spiro atoms. The SMILES string of the molecule is Cl.NC1(C(=O)N2CCNC(=O)C2)CCCCC1. The Morgan fingerprint density at radius 3 is 2.53 bits per heavy atom. The Bertz CT molecular complexity index is 303. The Kier molecular flexibility index (Phi) is 4.77. The van der Waals surface area contributed by atoms with Gasteiger partial charge < -0.3 is 16.0 Å². The number of nitrogens with zero attached hydrogens (tertiary/aromatic N) is 1. The van der Waals surface area contributed by atoms with Gasteiger partial charge in [-0.25, -0.2) is 0 Å². The van der Waals surface area contributed by atoms with Crippen LogP contribution in [-0.2, 0) is 9.59 Å². The minimum Gasteiger partial charge on any atom is -0.353 e. The van der Waals surface area contributed by atoms with Gasteiger partial charge in [-0.2, -0.15) is 0 Å². The summed E-state index contributed by atoms with van der Waals surface area (Å²) in [6, 6.07) is 0. The molecule has 2 rings (SSSR count). The Labute approximate surface area is 108 Å². The van der Waals surface area contributed by atoms with Crippen molar-refractivity contribution in [2.24, 2.45) is 5.73 Å². The molecule has 0 radical (unpaired) electrons. The van der Waals surface area contributed by atoms with Gasteiger partial charge in [0.25, 0.3) is 0 Å². The van der Waals surface area contributed by atoms with E-state index >= 15 is 0 Å². The van der Waals surface area contributed by atoms with Crippen molar-refractivity contribution in [3.8, 4) is 0 Å². The third kappa shape index (κ3) is 3.10. The maximum absolute atomic E-state index is 12.2. The van der Waals surface area contributed by atoms with E-state index in [1.165, 1.54) is 0 Å². The standard InChI is InChI=1S/C11H19N3O2.ClH/c12-11(4-2-1-3-5-11)10(16)14-7-6-13-9(15)8-14;/h1-8,12H2,(H,13,15);1H. The van der Waals surface area contributed by atoms with Crippen molar-refractivity contribution in [3.05, 3.63) is 0 Å². The summed E-state index contributed by atoms with van der Waals surface area (Å²) in [6.45, 7) is 1.29. The van der Waals surface area contributed by atoms with Gasteiger partial charge >= 0.3 is 0 Å². The normalized spacial score (nSPS) is 23.6. The van der Waals surface area contributed by atoms with Crippen LogP contribution in [0.3, 0.4) is 0 Å². The molecule has 98 valence electrons. The van der Waals surface area contributed by atoms with Crippen LogP contribution in [-0.4, -0.2) is 41.9 Å². The van der Waals surface area contributed by atoms with E-state index in [2.05, 4.69) is 5.32 Å². The molecule has 1 heterocycles. The number of rotatable bonds is 1. The fraction of sp³-hybridized carbons (Fsp3) is 0.818. The van der Waals surface area contributed by atoms with Crippen LogP contribution in [0, 0.1) is 0 Å². The van der Waals surface area contributed by atoms with Gasteiger partial charge in [-0.3, -0.25) is 9.59 Å². The summed E-state index contributed by atoms with van der Waals surface area (Å²) >= 11 is 0. The zero-order chi connectivity index (χ0) is 11.6. The molecule has 0 aromatic heterocycles. The number of nitrogens with one attached hydrogen (secondary N) is 1. The number of hydrogen-bond donors (Lipinski definition) is 2. The third-order valence-corrected chi connectivity index (χ3v) is 3.50. The lowest BCUT2D eigenvalue weighted by molar-refractivity contribution is -0.143. The van der Waals surface area contributed by atoms with Crippen molar-refractivity contribution in [2.45, 2.75) is 37.6 Å². The Morgan fingerprint density at radius 1 is 1.29 bits per heavy atom. The maximum Gasteiger partial charge on any atom is 0.243 e. The Hall–Kier alpha value is -0.810. The number of piperazine rings is 1. The third-order valence-electron chi connectivity index (χ3n) is 3.50. The first-order valence-electron chi connectivity index (χ1n) is 5.97. The van der Waals surface area contributed by atoms with Crippen LogP contribution in [0.4, 0.5) is 0 Å². The van der Waals surface area contributed by atoms with E-state index < -0.39 is 5.54 Å². The number of carbonyl (C=O) groups excluding carboxylic acids is 2. The highest BCUT2D eigenvalue weighted by Crippen LogP contribution is 2.27. The van der Waals surface area contributed by atoms with Crippen LogP contribution >= 0.6 is 12.4 Å². The first kappa shape index (κ1) is 14.3. The van der Waals surface area contributed by atoms with Gasteiger partial charge in [0.05, 0.1) is 12.1 Å². The summed E-state index contributed by atoms with van der Waals surface area (Å²) < 4.78 is 0. The van der Waals surface area contributed by atoms with Gasteiger partial charge in [0.15, 0.2) is 0 Å². The lowest BCUT2D eigenvalue weighted by atomic mass is 9.81. The zero-order valence-electron chi connectivity index (χ0n) is 9.91. The van der Waals surface area contributed by atoms with E-state index in [-0.39, 0.29) is 30.8 Å². The van der Waals surface area contributed by atoms with Crippen LogP contribution in [0.5, 0.6) is 0 Å². The number of amides is 2. The first-order valence-corrected chi connectivity index (χ1v) is 5.97. The van der Waals surface area contributed by atoms with Crippen molar-refractivity contribution in [2.75, 3.05) is 19.6 Å². The minimum absolute atomic E-state index is 0. The van der Waals surface area contributed by atoms with Gasteiger partial charge in [0, 0.05) is 13.1 Å². The lowest BCUT2D eigenvalue weighted by Gasteiger charge is -2.38. The first-order chi connectivity index (χ1) is 7.62. The van der Waals surface area contributed by atoms with Gasteiger partial charge in [0.2, 0.25) is 11.8 Å². The molecule has 1 saturated heterocycles. The molecule has 0 aromatic rings. The predicted molar refractivity (Wildman–Crippen MR) is 66.8 cm³/mol. The summed E-state index contributed by atoms with van der Waals surface area (Å²) in [6.07, 6.45) is 4.70. The topological polar surface area (TPSA) is 75.4 Å². The van der Waals surface area contributed by atoms with E-state index in [0.717, 1.165) is 32.1 Å². The van der Waals surface area contributed by atoms with Crippen molar-refractivity contribution in [1.29, 1.82) is 0 Å². The maximum atomic E-state index is 12.2. The second-order valence-corrected chi connectivity index (χ2v) is 4.79. The van der Waals surface area contributed by atoms with Crippen molar-refractivity contribution in [1.82, 2.24) is 10.2 Å². The van der Waals surface area contributed by atoms with E-state index in [0.29, 0.717) is 13.1 Å². The largest absolute Gasteiger partial charge is 0.353 e. The van der Waals surface area contributed by atoms with Crippen molar-refractivity contribution < 1.29 is 9.59 Å². The molecular weight excluding hydrogens is 242 g/mol. The van der Waals surface area contributed by atoms with E-state index in [9.17, 15) is 9.59 Å². The van der Waals surface area contributed by atoms with Gasteiger partial charge in [-0.1, -0.05) is 19.3 Å². The molecule has 2 fully saturated rings. The quantitative estimate of drug-likeness (QED) is 0.699. The van der Waals surface area contributed by atoms with E-state index in [1.807, 2.05) is 0 Å². The highest BCUT2D eigenvalue weighted by atomic mass is 35.5. The molecular formula is C11H20ClN3O2. The molecule has 1 aliphatic heterocycles. The molecule has 0 atom stereocenters. The molecule has 1 aliphatic carbocycles. The highest BCUT2D eigenvalue weighted by molar-refractivity contribution is 5.91. The highest BCUT2D eigenvalue weighted by Gasteiger charge is 2.39. The summed E-state index contributed by atoms with van der Waals surface area (Å²) in [5, 5.41) is 2.71. The summed E-state index contributed by atoms with van der Waals surface area (Å²) in [5.41, 5.74) is 5.44. The fourth-order valence-electron chi connectivity index (χ4n) is 2.52. The van der Waals surface area contributed by atoms with Gasteiger partial charge in [0.1, 0.15) is 0 Å². The van der Waals surface area contributed by atoms with Gasteiger partial charge in [-0.15, -0.1) is 12.4 Å². The average Bonchev–Trinajstić information content (AvgIpc) is 2.29. The number of hydrogen-bond acceptors (Lipinski definition) is 3. The minimum atomic E-state index is -0.712. The molecule has 2 amide bonds. The lowest BCUT2D eigenvalue weighted by Crippen LogP contribution is -2.60. The summed E-state index contributed by atoms with van der Waals surface area (Å²) in [7, 11) is 0. The molecule has 0 bridgehead atoms. The van der Waals surface area contributed by atoms with Crippen LogP contribution < -0.4 is 11.1 Å². The fourth-order valence-corrected chi connectivity index (χ4v) is 2.52. The number of halogens is 1. The van der Waals surface area contributed by atoms with Crippen molar-refractivity contribution in [3.63, 3.8) is 0 Å². The number of carbonyl (C=O) groups is 2. The van der Waals surface area contributed by atoms with Crippen molar-refractivity contribution >= 4 is 24.2 Å². The molecule has 3 N–H and O–H groups in total. The molecule has 0 unspecified atom stereocenters. The van der Waals surface area contributed by atoms with Crippen LogP contribution in [0.15, 0.2) is 0 Å². The second-order valence-electron chi connectivity index (χ2n) is 4.79. The van der Waals surface area contributed by atoms with E-state index in [1.54, 1.807) is 4.90 Å². The zero-order valence-corrected chi connectivity index (χ0v) is 10.7. The Morgan fingerprint density at radius 2 is 1.94 bits per heavy atom. The molecule has 0 aromatic carbocycles. The monoisotopic (exact) mass is 261 g/mol. The predicted octanol–water partition coefficient (Wildman–Crippen LogP) is 0.0282. The smallest absolute Gasteiger partial charge is 0.243 e. The molecule has 17 heavy (non-hydrogen) atoms. The van der Waals surface area contributed by atoms with Gasteiger partial charge in [-0.05, 0) is 12.8 Å². The molecule has 5 nitrogen and oxygen atoms in total. The second kappa shape index (κ2) is 5.69. The van der Waals surface area contributed by atoms with Crippen LogP contribution in [0.2, 0.25) is 0 Å². The molecule has 1 saturated carbocycles. The Balaban J connectivity index is 0.00000144. The van der Waals surface area contributed by atoms with Crippen LogP contribution in [0.25, 0.3) is 0 Å². The van der Waals surface area contributed by atoms with Crippen LogP contribution in [0.1, 0.15) is 32.1 Å². The number of nitrogens with two attached hydrogens (primary N) is 1. The molecule has 2 aliphatic rings.